The predicted molar refractivity (Wildman–Crippen MR) is 122 cm³/mol. The standard InChI is InChI=1S/C22H23ClN2O8S/c1-31-17-9-11-18(12-10-17)34(29,30)25-13-3-2-4-19(20(25)33-22(27)28)24-21(26)32-14-15-5-7-16(23)8-6-15/h2-3,5-12,19-20H,4,13-14H2,1H3,(H,24,26)(H,27,28). The minimum atomic E-state index is -4.20. The molecule has 1 aliphatic heterocycles. The zero-order valence-corrected chi connectivity index (χ0v) is 19.7. The summed E-state index contributed by atoms with van der Waals surface area (Å²) in [6.45, 7) is -0.228. The zero-order chi connectivity index (χ0) is 24.7. The fraction of sp³-hybridized carbons (Fsp3) is 0.273. The molecule has 10 nitrogen and oxygen atoms in total. The van der Waals surface area contributed by atoms with Gasteiger partial charge in [-0.25, -0.2) is 18.0 Å². The Kier molecular flexibility index (Phi) is 8.37. The molecule has 2 unspecified atom stereocenters. The molecule has 0 fully saturated rings. The Morgan fingerprint density at radius 3 is 2.41 bits per heavy atom. The summed E-state index contributed by atoms with van der Waals surface area (Å²) < 4.78 is 42.7. The fourth-order valence-electron chi connectivity index (χ4n) is 3.26. The first kappa shape index (κ1) is 25.3. The number of methoxy groups -OCH3 is 1. The molecular formula is C22H23ClN2O8S. The van der Waals surface area contributed by atoms with Crippen LogP contribution in [0.4, 0.5) is 9.59 Å². The van der Waals surface area contributed by atoms with E-state index in [1.54, 1.807) is 36.4 Å². The number of carbonyl (C=O) groups excluding carboxylic acids is 1. The van der Waals surface area contributed by atoms with Crippen molar-refractivity contribution in [1.82, 2.24) is 9.62 Å². The van der Waals surface area contributed by atoms with Crippen LogP contribution in [0.2, 0.25) is 5.02 Å². The lowest BCUT2D eigenvalue weighted by molar-refractivity contribution is -0.0155. The fourth-order valence-corrected chi connectivity index (χ4v) is 4.88. The highest BCUT2D eigenvalue weighted by Crippen LogP contribution is 2.25. The molecule has 2 N–H and O–H groups in total. The summed E-state index contributed by atoms with van der Waals surface area (Å²) in [5.74, 6) is 0.455. The van der Waals surface area contributed by atoms with Gasteiger partial charge in [-0.15, -0.1) is 0 Å². The molecule has 2 atom stereocenters. The van der Waals surface area contributed by atoms with Crippen LogP contribution in [0.25, 0.3) is 0 Å². The number of carboxylic acid groups (broad SMARTS) is 1. The van der Waals surface area contributed by atoms with E-state index in [2.05, 4.69) is 5.32 Å². The summed E-state index contributed by atoms with van der Waals surface area (Å²) in [5.41, 5.74) is 0.683. The molecule has 0 radical (unpaired) electrons. The van der Waals surface area contributed by atoms with Crippen LogP contribution in [0.1, 0.15) is 12.0 Å². The number of carbonyl (C=O) groups is 2. The maximum absolute atomic E-state index is 13.3. The molecule has 2 aromatic rings. The maximum atomic E-state index is 13.3. The third-order valence-corrected chi connectivity index (χ3v) is 7.04. The highest BCUT2D eigenvalue weighted by atomic mass is 35.5. The molecular weight excluding hydrogens is 488 g/mol. The third-order valence-electron chi connectivity index (χ3n) is 4.94. The summed E-state index contributed by atoms with van der Waals surface area (Å²) in [7, 11) is -2.75. The first-order valence-corrected chi connectivity index (χ1v) is 11.9. The summed E-state index contributed by atoms with van der Waals surface area (Å²) >= 11 is 5.84. The van der Waals surface area contributed by atoms with Crippen molar-refractivity contribution < 1.29 is 37.3 Å². The first-order valence-electron chi connectivity index (χ1n) is 10.1. The quantitative estimate of drug-likeness (QED) is 0.426. The van der Waals surface area contributed by atoms with Crippen LogP contribution in [0.5, 0.6) is 5.75 Å². The Labute approximate surface area is 201 Å². The van der Waals surface area contributed by atoms with E-state index < -0.39 is 34.5 Å². The molecule has 1 amide bonds. The van der Waals surface area contributed by atoms with Gasteiger partial charge in [0.2, 0.25) is 10.0 Å². The smallest absolute Gasteiger partial charge is 0.497 e. The largest absolute Gasteiger partial charge is 0.507 e. The number of amides is 1. The van der Waals surface area contributed by atoms with Crippen molar-refractivity contribution in [2.45, 2.75) is 30.2 Å². The topological polar surface area (TPSA) is 131 Å². The van der Waals surface area contributed by atoms with Crippen molar-refractivity contribution >= 4 is 33.9 Å². The van der Waals surface area contributed by atoms with Crippen LogP contribution >= 0.6 is 11.6 Å². The maximum Gasteiger partial charge on any atom is 0.507 e. The van der Waals surface area contributed by atoms with Gasteiger partial charge in [-0.3, -0.25) is 0 Å². The lowest BCUT2D eigenvalue weighted by atomic mass is 10.2. The number of benzene rings is 2. The Hall–Kier alpha value is -3.28. The van der Waals surface area contributed by atoms with E-state index in [0.717, 1.165) is 4.31 Å². The lowest BCUT2D eigenvalue weighted by Gasteiger charge is -2.32. The van der Waals surface area contributed by atoms with Crippen LogP contribution < -0.4 is 10.1 Å². The number of ether oxygens (including phenoxy) is 3. The molecule has 0 saturated carbocycles. The molecule has 0 spiro atoms. The van der Waals surface area contributed by atoms with E-state index in [9.17, 15) is 23.1 Å². The number of hydrogen-bond donors (Lipinski definition) is 2. The van der Waals surface area contributed by atoms with Gasteiger partial charge in [0.25, 0.3) is 0 Å². The van der Waals surface area contributed by atoms with Gasteiger partial charge in [0.1, 0.15) is 12.4 Å². The van der Waals surface area contributed by atoms with Gasteiger partial charge in [-0.05, 0) is 48.4 Å². The molecule has 1 aliphatic rings. The minimum absolute atomic E-state index is 0.0656. The zero-order valence-electron chi connectivity index (χ0n) is 18.1. The van der Waals surface area contributed by atoms with Gasteiger partial charge in [0.05, 0.1) is 18.0 Å². The van der Waals surface area contributed by atoms with Gasteiger partial charge in [0.15, 0.2) is 6.23 Å². The summed E-state index contributed by atoms with van der Waals surface area (Å²) in [6, 6.07) is 11.2. The number of sulfonamides is 1. The molecule has 0 bridgehead atoms. The van der Waals surface area contributed by atoms with Gasteiger partial charge in [-0.2, -0.15) is 4.31 Å². The summed E-state index contributed by atoms with van der Waals surface area (Å²) in [6.07, 6.45) is -0.795. The van der Waals surface area contributed by atoms with E-state index in [1.807, 2.05) is 0 Å². The molecule has 3 rings (SSSR count). The highest BCUT2D eigenvalue weighted by molar-refractivity contribution is 7.89. The minimum Gasteiger partial charge on any atom is -0.497 e. The molecule has 1 heterocycles. The predicted octanol–water partition coefficient (Wildman–Crippen LogP) is 3.61. The SMILES string of the molecule is COc1ccc(S(=O)(=O)N2CC=CCC(NC(=O)OCc3ccc(Cl)cc3)C2OC(=O)O)cc1. The van der Waals surface area contributed by atoms with Gasteiger partial charge < -0.3 is 24.6 Å². The second kappa shape index (κ2) is 11.2. The van der Waals surface area contributed by atoms with E-state index in [0.29, 0.717) is 16.3 Å². The monoisotopic (exact) mass is 510 g/mol. The van der Waals surface area contributed by atoms with Crippen LogP contribution in [0.15, 0.2) is 65.6 Å². The van der Waals surface area contributed by atoms with Crippen molar-refractivity contribution in [3.63, 3.8) is 0 Å². The average molecular weight is 511 g/mol. The molecule has 0 aliphatic carbocycles. The second-order valence-electron chi connectivity index (χ2n) is 7.19. The van der Waals surface area contributed by atoms with Crippen molar-refractivity contribution in [2.75, 3.05) is 13.7 Å². The van der Waals surface area contributed by atoms with E-state index >= 15 is 0 Å². The van der Waals surface area contributed by atoms with Crippen molar-refractivity contribution in [1.29, 1.82) is 0 Å². The number of hydrogen-bond acceptors (Lipinski definition) is 7. The summed E-state index contributed by atoms with van der Waals surface area (Å²) in [4.78, 5) is 23.7. The van der Waals surface area contributed by atoms with E-state index in [-0.39, 0.29) is 24.5 Å². The highest BCUT2D eigenvalue weighted by Gasteiger charge is 2.40. The number of nitrogens with one attached hydrogen (secondary N) is 1. The normalized spacial score (nSPS) is 18.5. The molecule has 34 heavy (non-hydrogen) atoms. The molecule has 0 aromatic heterocycles. The first-order chi connectivity index (χ1) is 16.2. The molecule has 2 aromatic carbocycles. The number of nitrogens with zero attached hydrogens (tertiary/aromatic N) is 1. The summed E-state index contributed by atoms with van der Waals surface area (Å²) in [5, 5.41) is 12.3. The van der Waals surface area contributed by atoms with Crippen molar-refractivity contribution in [2.24, 2.45) is 0 Å². The average Bonchev–Trinajstić information content (AvgIpc) is 3.01. The Morgan fingerprint density at radius 2 is 1.79 bits per heavy atom. The van der Waals surface area contributed by atoms with Crippen LogP contribution in [-0.4, -0.2) is 56.0 Å². The molecule has 0 saturated heterocycles. The van der Waals surface area contributed by atoms with Crippen LogP contribution in [0.3, 0.4) is 0 Å². The molecule has 182 valence electrons. The van der Waals surface area contributed by atoms with E-state index in [1.165, 1.54) is 31.4 Å². The van der Waals surface area contributed by atoms with Gasteiger partial charge in [-0.1, -0.05) is 35.9 Å². The second-order valence-corrected chi connectivity index (χ2v) is 9.51. The van der Waals surface area contributed by atoms with Crippen molar-refractivity contribution in [3.8, 4) is 5.75 Å². The Balaban J connectivity index is 1.80. The van der Waals surface area contributed by atoms with Crippen LogP contribution in [0, 0.1) is 0 Å². The number of rotatable bonds is 7. The lowest BCUT2D eigenvalue weighted by Crippen LogP contribution is -2.54. The van der Waals surface area contributed by atoms with Gasteiger partial charge in [0, 0.05) is 11.6 Å². The van der Waals surface area contributed by atoms with Gasteiger partial charge >= 0.3 is 12.2 Å². The molecule has 12 heteroatoms. The van der Waals surface area contributed by atoms with Crippen LogP contribution in [-0.2, 0) is 26.1 Å². The number of halogens is 1. The van der Waals surface area contributed by atoms with E-state index in [4.69, 9.17) is 25.8 Å². The number of alkyl carbamates (subject to hydrolysis) is 1. The Morgan fingerprint density at radius 1 is 1.12 bits per heavy atom. The Bertz CT molecular complexity index is 1140. The van der Waals surface area contributed by atoms with Crippen molar-refractivity contribution in [3.05, 3.63) is 71.3 Å². The third kappa shape index (κ3) is 6.40.